The van der Waals surface area contributed by atoms with Crippen molar-refractivity contribution in [2.75, 3.05) is 0 Å². The minimum Gasteiger partial charge on any atom is -0.393 e. The third-order valence-electron chi connectivity index (χ3n) is 8.15. The summed E-state index contributed by atoms with van der Waals surface area (Å²) in [5, 5.41) is 21.6. The minimum atomic E-state index is -0.358. The zero-order valence-electron chi connectivity index (χ0n) is 14.6. The van der Waals surface area contributed by atoms with E-state index in [-0.39, 0.29) is 40.7 Å². The van der Waals surface area contributed by atoms with Crippen molar-refractivity contribution in [3.05, 3.63) is 11.6 Å². The van der Waals surface area contributed by atoms with E-state index >= 15 is 0 Å². The third-order valence-corrected chi connectivity index (χ3v) is 8.15. The molecule has 3 heteroatoms. The van der Waals surface area contributed by atoms with Gasteiger partial charge in [0, 0.05) is 5.92 Å². The Balaban J connectivity index is 1.75. The molecule has 0 radical (unpaired) electrons. The maximum Gasteiger partial charge on any atom is 0.158 e. The lowest BCUT2D eigenvalue weighted by Gasteiger charge is -2.59. The predicted octanol–water partition coefficient (Wildman–Crippen LogP) is 3.10. The Morgan fingerprint density at radius 3 is 2.61 bits per heavy atom. The number of ketones is 1. The van der Waals surface area contributed by atoms with Crippen LogP contribution >= 0.6 is 0 Å². The van der Waals surface area contributed by atoms with Gasteiger partial charge in [0.2, 0.25) is 0 Å². The lowest BCUT2D eigenvalue weighted by Crippen LogP contribution is -2.57. The molecular formula is C20H30O3. The van der Waals surface area contributed by atoms with Gasteiger partial charge in [-0.2, -0.15) is 0 Å². The summed E-state index contributed by atoms with van der Waals surface area (Å²) in [5.41, 5.74) is 1.13. The highest BCUT2D eigenvalue weighted by Crippen LogP contribution is 2.65. The molecule has 0 aromatic heterocycles. The molecule has 3 fully saturated rings. The Hall–Kier alpha value is -0.670. The van der Waals surface area contributed by atoms with Gasteiger partial charge in [-0.05, 0) is 73.2 Å². The fourth-order valence-corrected chi connectivity index (χ4v) is 7.00. The molecule has 3 nitrogen and oxygen atoms in total. The summed E-state index contributed by atoms with van der Waals surface area (Å²) in [7, 11) is 0. The van der Waals surface area contributed by atoms with Crippen LogP contribution in [-0.4, -0.2) is 28.2 Å². The second kappa shape index (κ2) is 4.92. The third kappa shape index (κ3) is 1.99. The highest BCUT2D eigenvalue weighted by atomic mass is 16.3. The molecule has 0 heterocycles. The van der Waals surface area contributed by atoms with Crippen molar-refractivity contribution in [2.24, 2.45) is 34.5 Å². The fraction of sp³-hybridized carbons (Fsp3) is 0.850. The molecule has 0 saturated heterocycles. The molecule has 4 rings (SSSR count). The monoisotopic (exact) mass is 318 g/mol. The summed E-state index contributed by atoms with van der Waals surface area (Å²) < 4.78 is 0. The molecule has 128 valence electrons. The number of rotatable bonds is 0. The number of aliphatic hydroxyl groups is 2. The van der Waals surface area contributed by atoms with Crippen LogP contribution in [0.4, 0.5) is 0 Å². The number of fused-ring (bicyclic) bond motifs is 5. The average molecular weight is 318 g/mol. The van der Waals surface area contributed by atoms with Crippen LogP contribution in [0.2, 0.25) is 0 Å². The van der Waals surface area contributed by atoms with Gasteiger partial charge in [0.05, 0.1) is 12.2 Å². The molecule has 0 amide bonds. The van der Waals surface area contributed by atoms with Crippen LogP contribution in [0, 0.1) is 34.5 Å². The van der Waals surface area contributed by atoms with Gasteiger partial charge in [-0.25, -0.2) is 0 Å². The van der Waals surface area contributed by atoms with Crippen molar-refractivity contribution in [1.82, 2.24) is 0 Å². The topological polar surface area (TPSA) is 57.5 Å². The lowest BCUT2D eigenvalue weighted by molar-refractivity contribution is -0.145. The average Bonchev–Trinajstić information content (AvgIpc) is 2.76. The first-order valence-corrected chi connectivity index (χ1v) is 9.38. The van der Waals surface area contributed by atoms with Gasteiger partial charge in [0.25, 0.3) is 0 Å². The molecule has 1 unspecified atom stereocenters. The molecular weight excluding hydrogens is 288 g/mol. The second-order valence-electron chi connectivity index (χ2n) is 9.30. The first kappa shape index (κ1) is 15.8. The Kier molecular flexibility index (Phi) is 3.39. The van der Waals surface area contributed by atoms with Crippen LogP contribution < -0.4 is 0 Å². The standard InChI is InChI=1S/C20H30O3/c1-11-9-19(2)12(8-15(11)21)4-5-13-14-6-7-17(23)20(14,3)10-16(22)18(13)19/h8,11,13-14,16-18,22-23H,4-7,9-10H2,1-3H3/t11?,13-,14-,16-,17-,18+,19-,20-/m0/s1. The van der Waals surface area contributed by atoms with E-state index < -0.39 is 0 Å². The number of allylic oxidation sites excluding steroid dienone is 1. The van der Waals surface area contributed by atoms with Crippen molar-refractivity contribution in [1.29, 1.82) is 0 Å². The molecule has 0 spiro atoms. The smallest absolute Gasteiger partial charge is 0.158 e. The maximum absolute atomic E-state index is 12.1. The molecule has 8 atom stereocenters. The maximum atomic E-state index is 12.1. The first-order chi connectivity index (χ1) is 10.8. The van der Waals surface area contributed by atoms with E-state index in [2.05, 4.69) is 13.8 Å². The minimum absolute atomic E-state index is 0.0372. The van der Waals surface area contributed by atoms with E-state index in [4.69, 9.17) is 0 Å². The summed E-state index contributed by atoms with van der Waals surface area (Å²) in [6, 6.07) is 0. The molecule has 4 aliphatic rings. The summed E-state index contributed by atoms with van der Waals surface area (Å²) in [5.74, 6) is 1.60. The normalized spacial score (nSPS) is 55.7. The molecule has 0 aromatic carbocycles. The molecule has 0 aliphatic heterocycles. The fourth-order valence-electron chi connectivity index (χ4n) is 7.00. The number of carbonyl (C=O) groups excluding carboxylic acids is 1. The number of carbonyl (C=O) groups is 1. The van der Waals surface area contributed by atoms with Gasteiger partial charge in [-0.3, -0.25) is 4.79 Å². The molecule has 3 saturated carbocycles. The van der Waals surface area contributed by atoms with Crippen molar-refractivity contribution in [3.63, 3.8) is 0 Å². The van der Waals surface area contributed by atoms with E-state index in [1.165, 1.54) is 5.57 Å². The van der Waals surface area contributed by atoms with Gasteiger partial charge in [0.1, 0.15) is 0 Å². The van der Waals surface area contributed by atoms with Gasteiger partial charge in [-0.1, -0.05) is 26.3 Å². The van der Waals surface area contributed by atoms with Crippen LogP contribution in [0.3, 0.4) is 0 Å². The second-order valence-corrected chi connectivity index (χ2v) is 9.30. The van der Waals surface area contributed by atoms with Crippen LogP contribution in [0.5, 0.6) is 0 Å². The molecule has 2 N–H and O–H groups in total. The zero-order valence-corrected chi connectivity index (χ0v) is 14.6. The van der Waals surface area contributed by atoms with E-state index in [1.807, 2.05) is 13.0 Å². The van der Waals surface area contributed by atoms with E-state index in [0.29, 0.717) is 18.3 Å². The highest BCUT2D eigenvalue weighted by Gasteiger charge is 2.62. The summed E-state index contributed by atoms with van der Waals surface area (Å²) in [6.07, 6.45) is 6.90. The molecule has 0 aromatic rings. The largest absolute Gasteiger partial charge is 0.393 e. The summed E-state index contributed by atoms with van der Waals surface area (Å²) in [6.45, 7) is 6.51. The Morgan fingerprint density at radius 2 is 1.87 bits per heavy atom. The summed E-state index contributed by atoms with van der Waals surface area (Å²) in [4.78, 5) is 12.1. The van der Waals surface area contributed by atoms with Crippen LogP contribution in [0.15, 0.2) is 11.6 Å². The van der Waals surface area contributed by atoms with Gasteiger partial charge < -0.3 is 10.2 Å². The Labute approximate surface area is 139 Å². The van der Waals surface area contributed by atoms with Gasteiger partial charge in [-0.15, -0.1) is 0 Å². The van der Waals surface area contributed by atoms with Crippen LogP contribution in [-0.2, 0) is 4.79 Å². The van der Waals surface area contributed by atoms with Gasteiger partial charge in [0.15, 0.2) is 5.78 Å². The van der Waals surface area contributed by atoms with Gasteiger partial charge >= 0.3 is 0 Å². The Bertz CT molecular complexity index is 567. The van der Waals surface area contributed by atoms with E-state index in [0.717, 1.165) is 32.1 Å². The van der Waals surface area contributed by atoms with Crippen molar-refractivity contribution in [3.8, 4) is 0 Å². The molecule has 0 bridgehead atoms. The number of hydrogen-bond donors (Lipinski definition) is 2. The van der Waals surface area contributed by atoms with Crippen LogP contribution in [0.1, 0.15) is 59.3 Å². The SMILES string of the molecule is CC1C[C@@]2(C)C(=CC1=O)CC[C@@H]1[C@@H]2[C@@H](O)C[C@]2(C)[C@@H](O)CC[C@@H]12. The van der Waals surface area contributed by atoms with Crippen LogP contribution in [0.25, 0.3) is 0 Å². The number of aliphatic hydroxyl groups excluding tert-OH is 2. The lowest BCUT2D eigenvalue weighted by atomic mass is 9.46. The quantitative estimate of drug-likeness (QED) is 0.721. The predicted molar refractivity (Wildman–Crippen MR) is 88.7 cm³/mol. The molecule has 23 heavy (non-hydrogen) atoms. The van der Waals surface area contributed by atoms with Crippen molar-refractivity contribution < 1.29 is 15.0 Å². The number of hydrogen-bond acceptors (Lipinski definition) is 3. The van der Waals surface area contributed by atoms with Crippen molar-refractivity contribution in [2.45, 2.75) is 71.5 Å². The Morgan fingerprint density at radius 1 is 1.13 bits per heavy atom. The summed E-state index contributed by atoms with van der Waals surface area (Å²) >= 11 is 0. The van der Waals surface area contributed by atoms with Crippen molar-refractivity contribution >= 4 is 5.78 Å². The first-order valence-electron chi connectivity index (χ1n) is 9.38. The van der Waals surface area contributed by atoms with E-state index in [1.54, 1.807) is 0 Å². The molecule has 4 aliphatic carbocycles. The van der Waals surface area contributed by atoms with E-state index in [9.17, 15) is 15.0 Å². The zero-order chi connectivity index (χ0) is 16.6. The highest BCUT2D eigenvalue weighted by molar-refractivity contribution is 5.93.